The van der Waals surface area contributed by atoms with E-state index in [1.807, 2.05) is 19.9 Å². The molecule has 1 aromatic heterocycles. The minimum absolute atomic E-state index is 0.0143. The van der Waals surface area contributed by atoms with Crippen LogP contribution in [0.3, 0.4) is 0 Å². The van der Waals surface area contributed by atoms with Gasteiger partial charge in [0.15, 0.2) is 6.04 Å². The van der Waals surface area contributed by atoms with E-state index in [-0.39, 0.29) is 25.1 Å². The van der Waals surface area contributed by atoms with E-state index in [1.54, 1.807) is 11.6 Å². The Morgan fingerprint density at radius 3 is 2.57 bits per heavy atom. The van der Waals surface area contributed by atoms with Gasteiger partial charge in [0.05, 0.1) is 18.7 Å². The van der Waals surface area contributed by atoms with Gasteiger partial charge in [0, 0.05) is 5.69 Å². The predicted molar refractivity (Wildman–Crippen MR) is 85.0 cm³/mol. The van der Waals surface area contributed by atoms with Gasteiger partial charge in [-0.2, -0.15) is 5.10 Å². The molecule has 2 rings (SSSR count). The van der Waals surface area contributed by atoms with Crippen LogP contribution in [0.5, 0.6) is 0 Å². The average molecular weight is 322 g/mol. The summed E-state index contributed by atoms with van der Waals surface area (Å²) in [6, 6.07) is 1.11. The molecular weight excluding hydrogens is 296 g/mol. The van der Waals surface area contributed by atoms with Crippen molar-refractivity contribution < 1.29 is 19.1 Å². The molecule has 23 heavy (non-hydrogen) atoms. The molecule has 1 unspecified atom stereocenters. The highest BCUT2D eigenvalue weighted by atomic mass is 16.5. The van der Waals surface area contributed by atoms with Gasteiger partial charge in [-0.1, -0.05) is 6.42 Å². The molecule has 0 amide bonds. The van der Waals surface area contributed by atoms with Gasteiger partial charge in [0.2, 0.25) is 0 Å². The van der Waals surface area contributed by atoms with E-state index in [9.17, 15) is 9.59 Å². The second-order valence-corrected chi connectivity index (χ2v) is 6.09. The van der Waals surface area contributed by atoms with Crippen LogP contribution in [0, 0.1) is 13.8 Å². The minimum atomic E-state index is -0.764. The molecule has 6 heteroatoms. The van der Waals surface area contributed by atoms with Crippen LogP contribution in [0.25, 0.3) is 0 Å². The van der Waals surface area contributed by atoms with Gasteiger partial charge < -0.3 is 9.47 Å². The van der Waals surface area contributed by atoms with Crippen LogP contribution in [0.1, 0.15) is 62.9 Å². The molecule has 1 aromatic rings. The normalized spacial score (nSPS) is 16.8. The number of carbonyl (C=O) groups excluding carboxylic acids is 2. The van der Waals surface area contributed by atoms with Gasteiger partial charge in [-0.25, -0.2) is 4.79 Å². The summed E-state index contributed by atoms with van der Waals surface area (Å²) in [4.78, 5) is 24.5. The molecule has 0 bridgehead atoms. The molecule has 0 aromatic carbocycles. The number of aryl methyl sites for hydroxylation is 2. The van der Waals surface area contributed by atoms with E-state index in [0.29, 0.717) is 0 Å². The summed E-state index contributed by atoms with van der Waals surface area (Å²) >= 11 is 0. The van der Waals surface area contributed by atoms with Crippen LogP contribution >= 0.6 is 0 Å². The molecule has 1 atom stereocenters. The van der Waals surface area contributed by atoms with Crippen molar-refractivity contribution in [3.8, 4) is 0 Å². The van der Waals surface area contributed by atoms with E-state index in [4.69, 9.17) is 9.47 Å². The van der Waals surface area contributed by atoms with E-state index in [0.717, 1.165) is 37.1 Å². The summed E-state index contributed by atoms with van der Waals surface area (Å²) < 4.78 is 12.2. The largest absolute Gasteiger partial charge is 0.464 e. The van der Waals surface area contributed by atoms with Crippen LogP contribution < -0.4 is 0 Å². The topological polar surface area (TPSA) is 70.4 Å². The van der Waals surface area contributed by atoms with Gasteiger partial charge in [-0.3, -0.25) is 9.48 Å². The lowest BCUT2D eigenvalue weighted by atomic mass is 9.98. The van der Waals surface area contributed by atoms with Crippen molar-refractivity contribution in [3.63, 3.8) is 0 Å². The lowest BCUT2D eigenvalue weighted by Crippen LogP contribution is -2.29. The Kier molecular flexibility index (Phi) is 6.19. The fourth-order valence-electron chi connectivity index (χ4n) is 3.04. The van der Waals surface area contributed by atoms with E-state index >= 15 is 0 Å². The molecule has 1 aliphatic rings. The average Bonchev–Trinajstić information content (AvgIpc) is 2.84. The third-order valence-corrected chi connectivity index (χ3v) is 4.11. The quantitative estimate of drug-likeness (QED) is 0.753. The fraction of sp³-hybridized carbons (Fsp3) is 0.706. The van der Waals surface area contributed by atoms with Gasteiger partial charge in [0.1, 0.15) is 6.10 Å². The fourth-order valence-corrected chi connectivity index (χ4v) is 3.04. The third-order valence-electron chi connectivity index (χ3n) is 4.11. The molecule has 1 aliphatic carbocycles. The zero-order chi connectivity index (χ0) is 16.8. The summed E-state index contributed by atoms with van der Waals surface area (Å²) in [6.07, 6.45) is 5.15. The summed E-state index contributed by atoms with van der Waals surface area (Å²) in [5.41, 5.74) is 1.63. The molecule has 1 saturated carbocycles. The smallest absolute Gasteiger partial charge is 0.331 e. The number of rotatable bonds is 6. The SMILES string of the molecule is CCOC(=O)C(CC(=O)OC1CCCCC1)n1nc(C)cc1C. The van der Waals surface area contributed by atoms with Crippen molar-refractivity contribution in [2.45, 2.75) is 71.4 Å². The standard InChI is InChI=1S/C17H26N2O4/c1-4-22-17(21)15(19-13(3)10-12(2)18-19)11-16(20)23-14-8-6-5-7-9-14/h10,14-15H,4-9,11H2,1-3H3. The highest BCUT2D eigenvalue weighted by Gasteiger charge is 2.29. The first kappa shape index (κ1) is 17.5. The second kappa shape index (κ2) is 8.13. The monoisotopic (exact) mass is 322 g/mol. The Hall–Kier alpha value is -1.85. The summed E-state index contributed by atoms with van der Waals surface area (Å²) in [7, 11) is 0. The maximum atomic E-state index is 12.3. The Labute approximate surface area is 137 Å². The molecular formula is C17H26N2O4. The molecule has 128 valence electrons. The van der Waals surface area contributed by atoms with Gasteiger partial charge >= 0.3 is 11.9 Å². The molecule has 0 radical (unpaired) electrons. The van der Waals surface area contributed by atoms with E-state index in [2.05, 4.69) is 5.10 Å². The van der Waals surface area contributed by atoms with Crippen molar-refractivity contribution in [1.29, 1.82) is 0 Å². The maximum Gasteiger partial charge on any atom is 0.331 e. The summed E-state index contributed by atoms with van der Waals surface area (Å²) in [6.45, 7) is 5.73. The minimum Gasteiger partial charge on any atom is -0.464 e. The number of carbonyl (C=O) groups is 2. The molecule has 0 saturated heterocycles. The first-order valence-corrected chi connectivity index (χ1v) is 8.40. The lowest BCUT2D eigenvalue weighted by molar-refractivity contribution is -0.158. The Bertz CT molecular complexity index is 547. The first-order valence-electron chi connectivity index (χ1n) is 8.40. The molecule has 6 nitrogen and oxygen atoms in total. The van der Waals surface area contributed by atoms with Crippen LogP contribution in [-0.2, 0) is 19.1 Å². The zero-order valence-corrected chi connectivity index (χ0v) is 14.2. The number of ether oxygens (including phenoxy) is 2. The van der Waals surface area contributed by atoms with Crippen molar-refractivity contribution >= 4 is 11.9 Å². The Morgan fingerprint density at radius 2 is 2.00 bits per heavy atom. The van der Waals surface area contributed by atoms with Crippen molar-refractivity contribution in [2.75, 3.05) is 6.61 Å². The molecule has 1 fully saturated rings. The van der Waals surface area contributed by atoms with E-state index < -0.39 is 12.0 Å². The highest BCUT2D eigenvalue weighted by molar-refractivity contribution is 5.81. The summed E-state index contributed by atoms with van der Waals surface area (Å²) in [5, 5.41) is 4.32. The Morgan fingerprint density at radius 1 is 1.30 bits per heavy atom. The number of nitrogens with zero attached hydrogens (tertiary/aromatic N) is 2. The van der Waals surface area contributed by atoms with Crippen LogP contribution in [0.4, 0.5) is 0 Å². The third kappa shape index (κ3) is 4.81. The van der Waals surface area contributed by atoms with Crippen LogP contribution in [-0.4, -0.2) is 34.4 Å². The summed E-state index contributed by atoms with van der Waals surface area (Å²) in [5.74, 6) is -0.804. The van der Waals surface area contributed by atoms with Crippen molar-refractivity contribution in [3.05, 3.63) is 17.5 Å². The molecule has 0 N–H and O–H groups in total. The Balaban J connectivity index is 2.06. The van der Waals surface area contributed by atoms with Crippen molar-refractivity contribution in [2.24, 2.45) is 0 Å². The van der Waals surface area contributed by atoms with Crippen LogP contribution in [0.2, 0.25) is 0 Å². The van der Waals surface area contributed by atoms with Crippen molar-refractivity contribution in [1.82, 2.24) is 9.78 Å². The number of esters is 2. The molecule has 0 aliphatic heterocycles. The zero-order valence-electron chi connectivity index (χ0n) is 14.2. The molecule has 1 heterocycles. The highest BCUT2D eigenvalue weighted by Crippen LogP contribution is 2.23. The number of hydrogen-bond acceptors (Lipinski definition) is 5. The van der Waals surface area contributed by atoms with Gasteiger partial charge in [-0.05, 0) is 52.5 Å². The van der Waals surface area contributed by atoms with Gasteiger partial charge in [0.25, 0.3) is 0 Å². The second-order valence-electron chi connectivity index (χ2n) is 6.09. The van der Waals surface area contributed by atoms with Gasteiger partial charge in [-0.15, -0.1) is 0 Å². The van der Waals surface area contributed by atoms with E-state index in [1.165, 1.54) is 6.42 Å². The molecule has 0 spiro atoms. The maximum absolute atomic E-state index is 12.3. The predicted octanol–water partition coefficient (Wildman–Crippen LogP) is 2.87. The first-order chi connectivity index (χ1) is 11.0. The number of aromatic nitrogens is 2. The lowest BCUT2D eigenvalue weighted by Gasteiger charge is -2.23. The number of hydrogen-bond donors (Lipinski definition) is 0. The van der Waals surface area contributed by atoms with Crippen LogP contribution in [0.15, 0.2) is 6.07 Å².